The smallest absolute Gasteiger partial charge is 0.419 e. The Labute approximate surface area is 307 Å². The average molecular weight is 715 g/mol. The molecule has 0 spiro atoms. The molecule has 11 heteroatoms. The van der Waals surface area contributed by atoms with E-state index in [0.29, 0.717) is 66.9 Å². The van der Waals surface area contributed by atoms with Crippen LogP contribution in [0.3, 0.4) is 0 Å². The molecular formula is C42H42N4O7. The summed E-state index contributed by atoms with van der Waals surface area (Å²) < 4.78 is 12.6. The van der Waals surface area contributed by atoms with Crippen LogP contribution in [0, 0.1) is 0 Å². The molecule has 3 heterocycles. The summed E-state index contributed by atoms with van der Waals surface area (Å²) in [5.74, 6) is -0.693. The number of carbonyl (C=O) groups excluding carboxylic acids is 3. The zero-order valence-corrected chi connectivity index (χ0v) is 29.4. The number of fused-ring (bicyclic) bond motifs is 3. The number of carbonyl (C=O) groups is 3. The van der Waals surface area contributed by atoms with Gasteiger partial charge in [0, 0.05) is 51.1 Å². The van der Waals surface area contributed by atoms with Crippen LogP contribution < -0.4 is 15.8 Å². The Balaban J connectivity index is 1.07. The molecule has 0 fully saturated rings. The summed E-state index contributed by atoms with van der Waals surface area (Å²) in [5.41, 5.74) is 5.63. The highest BCUT2D eigenvalue weighted by molar-refractivity contribution is 6.21. The number of amides is 3. The van der Waals surface area contributed by atoms with Crippen LogP contribution in [0.2, 0.25) is 0 Å². The Hall–Kier alpha value is -5.94. The summed E-state index contributed by atoms with van der Waals surface area (Å²) >= 11 is 0. The highest BCUT2D eigenvalue weighted by Gasteiger charge is 2.35. The summed E-state index contributed by atoms with van der Waals surface area (Å²) in [6, 6.07) is 29.1. The molecule has 1 unspecified atom stereocenters. The largest absolute Gasteiger partial charge is 0.493 e. The Morgan fingerprint density at radius 1 is 0.868 bits per heavy atom. The first-order valence-corrected chi connectivity index (χ1v) is 18.0. The van der Waals surface area contributed by atoms with Crippen molar-refractivity contribution in [3.05, 3.63) is 148 Å². The van der Waals surface area contributed by atoms with Gasteiger partial charge in [-0.3, -0.25) is 23.9 Å². The van der Waals surface area contributed by atoms with E-state index in [1.165, 1.54) is 0 Å². The van der Waals surface area contributed by atoms with Gasteiger partial charge in [0.05, 0.1) is 35.4 Å². The van der Waals surface area contributed by atoms with Crippen molar-refractivity contribution < 1.29 is 28.6 Å². The molecule has 272 valence electrons. The number of ether oxygens (including phenoxy) is 1. The molecule has 2 aliphatic heterocycles. The Bertz CT molecular complexity index is 2170. The van der Waals surface area contributed by atoms with Crippen molar-refractivity contribution in [3.63, 3.8) is 0 Å². The summed E-state index contributed by atoms with van der Waals surface area (Å²) in [4.78, 5) is 55.4. The van der Waals surface area contributed by atoms with E-state index >= 15 is 0 Å². The van der Waals surface area contributed by atoms with Gasteiger partial charge in [0.2, 0.25) is 5.91 Å². The minimum atomic E-state index is -1.03. The van der Waals surface area contributed by atoms with Crippen molar-refractivity contribution in [2.24, 2.45) is 0 Å². The van der Waals surface area contributed by atoms with E-state index in [1.54, 1.807) is 39.8 Å². The van der Waals surface area contributed by atoms with Crippen LogP contribution in [-0.2, 0) is 30.6 Å². The van der Waals surface area contributed by atoms with Gasteiger partial charge in [-0.2, -0.15) is 0 Å². The Morgan fingerprint density at radius 2 is 1.58 bits per heavy atom. The highest BCUT2D eigenvalue weighted by atomic mass is 16.5. The molecule has 0 radical (unpaired) electrons. The molecule has 7 rings (SSSR count). The molecule has 0 aliphatic carbocycles. The number of aliphatic hydroxyl groups is 1. The number of imide groups is 1. The molecule has 11 nitrogen and oxygen atoms in total. The Kier molecular flexibility index (Phi) is 10.5. The SMILES string of the molecule is C=C(CCn1c(=O)oc2ccccc21)N[C@@H](Cc1ccccc1)C(O)CN(CCc1ccc2c(c1)CCO2)C(=O)CCN1C(=O)c2ccccc2C1=O. The van der Waals surface area contributed by atoms with Crippen molar-refractivity contribution in [2.45, 2.75) is 50.8 Å². The summed E-state index contributed by atoms with van der Waals surface area (Å²) in [7, 11) is 0. The summed E-state index contributed by atoms with van der Waals surface area (Å²) in [6.07, 6.45) is 1.08. The van der Waals surface area contributed by atoms with E-state index < -0.39 is 29.7 Å². The maximum atomic E-state index is 14.0. The van der Waals surface area contributed by atoms with Crippen molar-refractivity contribution in [1.82, 2.24) is 19.7 Å². The van der Waals surface area contributed by atoms with E-state index in [9.17, 15) is 24.3 Å². The van der Waals surface area contributed by atoms with Gasteiger partial charge < -0.3 is 24.5 Å². The molecule has 1 aromatic heterocycles. The van der Waals surface area contributed by atoms with Crippen LogP contribution in [0.5, 0.6) is 5.75 Å². The molecular weight excluding hydrogens is 672 g/mol. The first kappa shape index (κ1) is 35.5. The molecule has 2 N–H and O–H groups in total. The minimum Gasteiger partial charge on any atom is -0.493 e. The minimum absolute atomic E-state index is 0.00138. The van der Waals surface area contributed by atoms with Crippen molar-refractivity contribution in [2.75, 3.05) is 26.2 Å². The third-order valence-electron chi connectivity index (χ3n) is 9.98. The first-order valence-electron chi connectivity index (χ1n) is 18.0. The van der Waals surface area contributed by atoms with Crippen LogP contribution in [-0.4, -0.2) is 75.6 Å². The quantitative estimate of drug-likeness (QED) is 0.140. The fraction of sp³-hybridized carbons (Fsp3) is 0.286. The van der Waals surface area contributed by atoms with Crippen LogP contribution in [0.25, 0.3) is 11.1 Å². The normalized spacial score (nSPS) is 14.5. The van der Waals surface area contributed by atoms with Gasteiger partial charge in [-0.15, -0.1) is 0 Å². The first-order chi connectivity index (χ1) is 25.7. The maximum Gasteiger partial charge on any atom is 0.419 e. The van der Waals surface area contributed by atoms with Crippen LogP contribution >= 0.6 is 0 Å². The lowest BCUT2D eigenvalue weighted by atomic mass is 9.99. The molecule has 5 aromatic rings. The lowest BCUT2D eigenvalue weighted by Gasteiger charge is -2.32. The zero-order chi connectivity index (χ0) is 36.9. The standard InChI is InChI=1S/C42H42N4O7/c1-28(17-22-45-35-13-7-8-14-38(35)53-42(45)51)43-34(26-29-9-3-2-4-10-29)36(47)27-44(21-18-30-15-16-37-31(25-30)20-24-52-37)39(48)19-23-46-40(49)32-11-5-6-12-33(32)41(46)50/h2-16,25,34,36,43,47H,1,17-24,26-27H2/t34-,36?/m0/s1. The monoisotopic (exact) mass is 714 g/mol. The lowest BCUT2D eigenvalue weighted by Crippen LogP contribution is -2.49. The molecule has 3 amide bonds. The van der Waals surface area contributed by atoms with Gasteiger partial charge in [-0.25, -0.2) is 4.79 Å². The van der Waals surface area contributed by atoms with Crippen molar-refractivity contribution >= 4 is 28.8 Å². The van der Waals surface area contributed by atoms with Gasteiger partial charge in [0.1, 0.15) is 5.75 Å². The summed E-state index contributed by atoms with van der Waals surface area (Å²) in [6.45, 7) is 5.43. The highest BCUT2D eigenvalue weighted by Crippen LogP contribution is 2.27. The number of oxazole rings is 1. The maximum absolute atomic E-state index is 14.0. The van der Waals surface area contributed by atoms with E-state index in [4.69, 9.17) is 9.15 Å². The van der Waals surface area contributed by atoms with E-state index in [-0.39, 0.29) is 25.4 Å². The predicted molar refractivity (Wildman–Crippen MR) is 200 cm³/mol. The van der Waals surface area contributed by atoms with E-state index in [2.05, 4.69) is 18.0 Å². The number of rotatable bonds is 16. The third kappa shape index (κ3) is 7.95. The number of hydrogen-bond acceptors (Lipinski definition) is 8. The summed E-state index contributed by atoms with van der Waals surface area (Å²) in [5, 5.41) is 15.3. The second-order valence-corrected chi connectivity index (χ2v) is 13.5. The van der Waals surface area contributed by atoms with Gasteiger partial charge in [0.25, 0.3) is 11.8 Å². The number of nitrogens with one attached hydrogen (secondary N) is 1. The van der Waals surface area contributed by atoms with Gasteiger partial charge >= 0.3 is 5.76 Å². The molecule has 0 saturated heterocycles. The van der Waals surface area contributed by atoms with Crippen LogP contribution in [0.1, 0.15) is 50.2 Å². The fourth-order valence-electron chi connectivity index (χ4n) is 7.10. The molecule has 2 aliphatic rings. The number of aromatic nitrogens is 1. The molecule has 4 aromatic carbocycles. The molecule has 2 atom stereocenters. The number of allylic oxidation sites excluding steroid dienone is 1. The molecule has 0 saturated carbocycles. The number of aryl methyl sites for hydroxylation is 1. The van der Waals surface area contributed by atoms with Gasteiger partial charge in [-0.1, -0.05) is 73.3 Å². The van der Waals surface area contributed by atoms with Crippen LogP contribution in [0.4, 0.5) is 0 Å². The van der Waals surface area contributed by atoms with E-state index in [1.807, 2.05) is 60.7 Å². The second-order valence-electron chi connectivity index (χ2n) is 13.5. The second kappa shape index (κ2) is 15.7. The zero-order valence-electron chi connectivity index (χ0n) is 29.4. The number of hydrogen-bond donors (Lipinski definition) is 2. The Morgan fingerprint density at radius 3 is 2.36 bits per heavy atom. The van der Waals surface area contributed by atoms with Crippen LogP contribution in [0.15, 0.2) is 119 Å². The van der Waals surface area contributed by atoms with Crippen molar-refractivity contribution in [3.8, 4) is 5.75 Å². The predicted octanol–water partition coefficient (Wildman–Crippen LogP) is 4.75. The number of para-hydroxylation sites is 2. The third-order valence-corrected chi connectivity index (χ3v) is 9.98. The average Bonchev–Trinajstić information content (AvgIpc) is 3.84. The fourth-order valence-corrected chi connectivity index (χ4v) is 7.10. The van der Waals surface area contributed by atoms with Gasteiger partial charge in [0.15, 0.2) is 5.58 Å². The lowest BCUT2D eigenvalue weighted by molar-refractivity contribution is -0.133. The molecule has 53 heavy (non-hydrogen) atoms. The number of benzene rings is 4. The number of nitrogens with zero attached hydrogens (tertiary/aromatic N) is 3. The molecule has 0 bridgehead atoms. The van der Waals surface area contributed by atoms with Crippen molar-refractivity contribution in [1.29, 1.82) is 0 Å². The number of aliphatic hydroxyl groups excluding tert-OH is 1. The topological polar surface area (TPSA) is 134 Å². The van der Waals surface area contributed by atoms with E-state index in [0.717, 1.165) is 33.8 Å². The van der Waals surface area contributed by atoms with Gasteiger partial charge in [-0.05, 0) is 59.9 Å².